The van der Waals surface area contributed by atoms with Crippen molar-refractivity contribution in [1.82, 2.24) is 20.1 Å². The fourth-order valence-corrected chi connectivity index (χ4v) is 1.71. The summed E-state index contributed by atoms with van der Waals surface area (Å²) in [6.45, 7) is 4.26. The van der Waals surface area contributed by atoms with Gasteiger partial charge in [-0.1, -0.05) is 12.1 Å². The van der Waals surface area contributed by atoms with Gasteiger partial charge in [0.05, 0.1) is 0 Å². The average molecular weight is 259 g/mol. The monoisotopic (exact) mass is 259 g/mol. The number of rotatable bonds is 4. The number of hydrogen-bond acceptors (Lipinski definition) is 4. The number of carbonyl (C=O) groups excluding carboxylic acids is 1. The van der Waals surface area contributed by atoms with Gasteiger partial charge in [-0.05, 0) is 26.0 Å². The molecule has 6 heteroatoms. The molecular formula is C13H17N5O. The van der Waals surface area contributed by atoms with E-state index < -0.39 is 0 Å². The van der Waals surface area contributed by atoms with Gasteiger partial charge in [-0.15, -0.1) is 0 Å². The molecule has 0 bridgehead atoms. The molecule has 2 rings (SSSR count). The van der Waals surface area contributed by atoms with E-state index in [0.717, 1.165) is 5.56 Å². The van der Waals surface area contributed by atoms with Gasteiger partial charge in [0.15, 0.2) is 5.82 Å². The van der Waals surface area contributed by atoms with Crippen LogP contribution in [0, 0.1) is 0 Å². The third kappa shape index (κ3) is 2.90. The van der Waals surface area contributed by atoms with E-state index >= 15 is 0 Å². The minimum atomic E-state index is -0.387. The first-order chi connectivity index (χ1) is 9.11. The SMILES string of the molecule is CCNC(=O)C(C)n1cnc(-c2cccc(N)c2)n1. The van der Waals surface area contributed by atoms with Crippen LogP contribution in [0.2, 0.25) is 0 Å². The molecule has 0 aliphatic carbocycles. The molecule has 0 radical (unpaired) electrons. The summed E-state index contributed by atoms with van der Waals surface area (Å²) in [5.41, 5.74) is 7.22. The maximum atomic E-state index is 11.7. The highest BCUT2D eigenvalue weighted by Gasteiger charge is 2.16. The van der Waals surface area contributed by atoms with Crippen molar-refractivity contribution in [3.8, 4) is 11.4 Å². The Kier molecular flexibility index (Phi) is 3.79. The van der Waals surface area contributed by atoms with Crippen molar-refractivity contribution in [2.24, 2.45) is 0 Å². The molecule has 6 nitrogen and oxygen atoms in total. The first-order valence-electron chi connectivity index (χ1n) is 6.16. The number of hydrogen-bond donors (Lipinski definition) is 2. The number of carbonyl (C=O) groups is 1. The number of nitrogens with two attached hydrogens (primary N) is 1. The summed E-state index contributed by atoms with van der Waals surface area (Å²) in [5, 5.41) is 7.07. The van der Waals surface area contributed by atoms with Crippen LogP contribution in [0.4, 0.5) is 5.69 Å². The van der Waals surface area contributed by atoms with Crippen LogP contribution in [-0.2, 0) is 4.79 Å². The summed E-state index contributed by atoms with van der Waals surface area (Å²) in [5.74, 6) is 0.481. The number of aromatic nitrogens is 3. The van der Waals surface area contributed by atoms with Gasteiger partial charge in [-0.25, -0.2) is 9.67 Å². The van der Waals surface area contributed by atoms with Crippen molar-refractivity contribution in [1.29, 1.82) is 0 Å². The van der Waals surface area contributed by atoms with E-state index in [1.165, 1.54) is 0 Å². The molecule has 2 aromatic rings. The molecular weight excluding hydrogens is 242 g/mol. The lowest BCUT2D eigenvalue weighted by Gasteiger charge is -2.10. The number of likely N-dealkylation sites (N-methyl/N-ethyl adjacent to an activating group) is 1. The molecule has 1 heterocycles. The van der Waals surface area contributed by atoms with E-state index in [1.807, 2.05) is 19.1 Å². The smallest absolute Gasteiger partial charge is 0.244 e. The minimum absolute atomic E-state index is 0.0773. The van der Waals surface area contributed by atoms with Crippen LogP contribution in [0.15, 0.2) is 30.6 Å². The van der Waals surface area contributed by atoms with Gasteiger partial charge in [0.25, 0.3) is 0 Å². The highest BCUT2D eigenvalue weighted by Crippen LogP contribution is 2.18. The molecule has 0 saturated heterocycles. The number of benzene rings is 1. The van der Waals surface area contributed by atoms with Gasteiger partial charge in [0.1, 0.15) is 12.4 Å². The number of nitrogens with zero attached hydrogens (tertiary/aromatic N) is 3. The van der Waals surface area contributed by atoms with E-state index in [-0.39, 0.29) is 11.9 Å². The molecule has 3 N–H and O–H groups in total. The van der Waals surface area contributed by atoms with Gasteiger partial charge in [0, 0.05) is 17.8 Å². The van der Waals surface area contributed by atoms with Crippen molar-refractivity contribution < 1.29 is 4.79 Å². The number of amides is 1. The van der Waals surface area contributed by atoms with Gasteiger partial charge in [0.2, 0.25) is 5.91 Å². The Bertz CT molecular complexity index is 578. The summed E-state index contributed by atoms with van der Waals surface area (Å²) in [7, 11) is 0. The second-order valence-electron chi connectivity index (χ2n) is 4.24. The molecule has 19 heavy (non-hydrogen) atoms. The lowest BCUT2D eigenvalue weighted by Crippen LogP contribution is -2.30. The van der Waals surface area contributed by atoms with Crippen molar-refractivity contribution in [2.45, 2.75) is 19.9 Å². The molecule has 0 fully saturated rings. The van der Waals surface area contributed by atoms with Crippen LogP contribution in [0.3, 0.4) is 0 Å². The molecule has 0 saturated carbocycles. The molecule has 100 valence electrons. The Labute approximate surface area is 111 Å². The fourth-order valence-electron chi connectivity index (χ4n) is 1.71. The number of nitrogen functional groups attached to an aromatic ring is 1. The Morgan fingerprint density at radius 2 is 2.32 bits per heavy atom. The number of anilines is 1. The maximum Gasteiger partial charge on any atom is 0.244 e. The van der Waals surface area contributed by atoms with Crippen molar-refractivity contribution >= 4 is 11.6 Å². The summed E-state index contributed by atoms with van der Waals surface area (Å²) in [6, 6.07) is 6.95. The second kappa shape index (κ2) is 5.51. The molecule has 1 aromatic carbocycles. The second-order valence-corrected chi connectivity index (χ2v) is 4.24. The normalized spacial score (nSPS) is 12.1. The van der Waals surface area contributed by atoms with Crippen LogP contribution in [0.25, 0.3) is 11.4 Å². The molecule has 1 amide bonds. The zero-order chi connectivity index (χ0) is 13.8. The Hall–Kier alpha value is -2.37. The minimum Gasteiger partial charge on any atom is -0.399 e. The maximum absolute atomic E-state index is 11.7. The molecule has 1 atom stereocenters. The zero-order valence-corrected chi connectivity index (χ0v) is 11.0. The molecule has 1 aromatic heterocycles. The molecule has 1 unspecified atom stereocenters. The Balaban J connectivity index is 2.21. The van der Waals surface area contributed by atoms with Crippen molar-refractivity contribution in [3.05, 3.63) is 30.6 Å². The highest BCUT2D eigenvalue weighted by molar-refractivity contribution is 5.79. The Morgan fingerprint density at radius 3 is 3.00 bits per heavy atom. The van der Waals surface area contributed by atoms with Crippen LogP contribution in [0.5, 0.6) is 0 Å². The van der Waals surface area contributed by atoms with E-state index in [2.05, 4.69) is 15.4 Å². The summed E-state index contributed by atoms with van der Waals surface area (Å²) in [4.78, 5) is 15.9. The topological polar surface area (TPSA) is 85.8 Å². The zero-order valence-electron chi connectivity index (χ0n) is 11.0. The third-order valence-corrected chi connectivity index (χ3v) is 2.78. The molecule has 0 aliphatic heterocycles. The van der Waals surface area contributed by atoms with Crippen LogP contribution >= 0.6 is 0 Å². The average Bonchev–Trinajstić information content (AvgIpc) is 2.87. The number of nitrogens with one attached hydrogen (secondary N) is 1. The first kappa shape index (κ1) is 13.1. The summed E-state index contributed by atoms with van der Waals surface area (Å²) < 4.78 is 1.55. The van der Waals surface area contributed by atoms with Crippen molar-refractivity contribution in [2.75, 3.05) is 12.3 Å². The van der Waals surface area contributed by atoms with Crippen LogP contribution in [0.1, 0.15) is 19.9 Å². The van der Waals surface area contributed by atoms with Crippen LogP contribution in [-0.4, -0.2) is 27.2 Å². The predicted octanol–water partition coefficient (Wildman–Crippen LogP) is 1.22. The predicted molar refractivity (Wildman–Crippen MR) is 73.3 cm³/mol. The summed E-state index contributed by atoms with van der Waals surface area (Å²) >= 11 is 0. The van der Waals surface area contributed by atoms with Crippen LogP contribution < -0.4 is 11.1 Å². The third-order valence-electron chi connectivity index (χ3n) is 2.78. The lowest BCUT2D eigenvalue weighted by atomic mass is 10.2. The lowest BCUT2D eigenvalue weighted by molar-refractivity contribution is -0.124. The van der Waals surface area contributed by atoms with E-state index in [0.29, 0.717) is 18.1 Å². The van der Waals surface area contributed by atoms with E-state index in [9.17, 15) is 4.79 Å². The Morgan fingerprint density at radius 1 is 1.53 bits per heavy atom. The quantitative estimate of drug-likeness (QED) is 0.808. The van der Waals surface area contributed by atoms with Gasteiger partial charge in [-0.2, -0.15) is 5.10 Å². The first-order valence-corrected chi connectivity index (χ1v) is 6.16. The van der Waals surface area contributed by atoms with Crippen molar-refractivity contribution in [3.63, 3.8) is 0 Å². The van der Waals surface area contributed by atoms with Gasteiger partial charge in [-0.3, -0.25) is 4.79 Å². The largest absolute Gasteiger partial charge is 0.399 e. The highest BCUT2D eigenvalue weighted by atomic mass is 16.2. The van der Waals surface area contributed by atoms with E-state index in [4.69, 9.17) is 5.73 Å². The van der Waals surface area contributed by atoms with Gasteiger partial charge < -0.3 is 11.1 Å². The van der Waals surface area contributed by atoms with E-state index in [1.54, 1.807) is 30.1 Å². The van der Waals surface area contributed by atoms with Gasteiger partial charge >= 0.3 is 0 Å². The standard InChI is InChI=1S/C13H17N5O/c1-3-15-13(19)9(2)18-8-16-12(17-18)10-5-4-6-11(14)7-10/h4-9H,3,14H2,1-2H3,(H,15,19). The molecule has 0 spiro atoms. The molecule has 0 aliphatic rings. The summed E-state index contributed by atoms with van der Waals surface area (Å²) in [6.07, 6.45) is 1.55. The fraction of sp³-hybridized carbons (Fsp3) is 0.308.